The zero-order valence-electron chi connectivity index (χ0n) is 29.1. The number of hydrogen-bond donors (Lipinski definition) is 0. The maximum absolute atomic E-state index is 2.54. The molecule has 1 aliphatic carbocycles. The molecule has 0 radical (unpaired) electrons. The Labute approximate surface area is 309 Å². The Kier molecular flexibility index (Phi) is 6.57. The molecule has 0 amide bonds. The van der Waals surface area contributed by atoms with Crippen LogP contribution in [0, 0.1) is 0 Å². The first kappa shape index (κ1) is 29.9. The van der Waals surface area contributed by atoms with Gasteiger partial charge in [-0.25, -0.2) is 0 Å². The molecule has 0 unspecified atom stereocenters. The maximum atomic E-state index is 2.54. The van der Waals surface area contributed by atoms with Gasteiger partial charge in [0.15, 0.2) is 0 Å². The summed E-state index contributed by atoms with van der Waals surface area (Å²) in [6.07, 6.45) is 0. The summed E-state index contributed by atoms with van der Waals surface area (Å²) in [5, 5.41) is 10.2. The van der Waals surface area contributed by atoms with Gasteiger partial charge in [-0.1, -0.05) is 188 Å². The van der Waals surface area contributed by atoms with Crippen molar-refractivity contribution in [3.8, 4) is 33.4 Å². The van der Waals surface area contributed by atoms with Gasteiger partial charge in [-0.15, -0.1) is 0 Å². The molecule has 0 saturated heterocycles. The van der Waals surface area contributed by atoms with E-state index in [9.17, 15) is 0 Å². The molecule has 246 valence electrons. The van der Waals surface area contributed by atoms with Gasteiger partial charge in [0.2, 0.25) is 0 Å². The predicted molar refractivity (Wildman–Crippen MR) is 225 cm³/mol. The first-order chi connectivity index (χ1) is 26.3. The van der Waals surface area contributed by atoms with E-state index < -0.39 is 5.41 Å². The highest BCUT2D eigenvalue weighted by Gasteiger charge is 2.48. The number of rotatable bonds is 4. The normalized spacial score (nSPS) is 13.1. The molecule has 0 bridgehead atoms. The summed E-state index contributed by atoms with van der Waals surface area (Å²) in [6, 6.07) is 76.8. The van der Waals surface area contributed by atoms with E-state index in [1.807, 2.05) is 0 Å². The Morgan fingerprint density at radius 3 is 1.51 bits per heavy atom. The molecule has 0 heteroatoms. The molecule has 11 rings (SSSR count). The zero-order valence-corrected chi connectivity index (χ0v) is 29.1. The second kappa shape index (κ2) is 11.6. The summed E-state index contributed by atoms with van der Waals surface area (Å²) in [4.78, 5) is 0. The Morgan fingerprint density at radius 2 is 0.830 bits per heavy atom. The van der Waals surface area contributed by atoms with E-state index in [-0.39, 0.29) is 0 Å². The van der Waals surface area contributed by atoms with Crippen LogP contribution < -0.4 is 0 Å². The van der Waals surface area contributed by atoms with Gasteiger partial charge in [-0.2, -0.15) is 0 Å². The lowest BCUT2D eigenvalue weighted by Gasteiger charge is -2.35. The van der Waals surface area contributed by atoms with E-state index in [0.717, 1.165) is 0 Å². The van der Waals surface area contributed by atoms with Crippen molar-refractivity contribution in [2.24, 2.45) is 0 Å². The minimum Gasteiger partial charge on any atom is -0.0622 e. The molecular formula is C53H34. The average Bonchev–Trinajstić information content (AvgIpc) is 3.55. The van der Waals surface area contributed by atoms with E-state index in [2.05, 4.69) is 206 Å². The van der Waals surface area contributed by atoms with Crippen molar-refractivity contribution in [1.29, 1.82) is 0 Å². The third-order valence-electron chi connectivity index (χ3n) is 11.7. The van der Waals surface area contributed by atoms with Crippen LogP contribution in [0.25, 0.3) is 76.5 Å². The summed E-state index contributed by atoms with van der Waals surface area (Å²) in [6.45, 7) is 0. The molecule has 0 heterocycles. The number of benzene rings is 10. The van der Waals surface area contributed by atoms with Crippen LogP contribution in [-0.4, -0.2) is 0 Å². The molecule has 10 aromatic carbocycles. The third kappa shape index (κ3) is 4.30. The molecule has 1 aliphatic rings. The number of hydrogen-bond acceptors (Lipinski definition) is 0. The molecule has 0 saturated carbocycles. The highest BCUT2D eigenvalue weighted by Crippen LogP contribution is 2.61. The molecule has 10 aromatic rings. The highest BCUT2D eigenvalue weighted by molar-refractivity contribution is 6.20. The molecule has 0 atom stereocenters. The van der Waals surface area contributed by atoms with E-state index in [4.69, 9.17) is 0 Å². The van der Waals surface area contributed by atoms with Gasteiger partial charge in [-0.3, -0.25) is 0 Å². The van der Waals surface area contributed by atoms with Gasteiger partial charge in [0.1, 0.15) is 0 Å². The fourth-order valence-electron chi connectivity index (χ4n) is 9.50. The largest absolute Gasteiger partial charge is 0.0720 e. The maximum Gasteiger partial charge on any atom is 0.0720 e. The van der Waals surface area contributed by atoms with Gasteiger partial charge in [-0.05, 0) is 117 Å². The second-order valence-electron chi connectivity index (χ2n) is 14.4. The first-order valence-electron chi connectivity index (χ1n) is 18.5. The fraction of sp³-hybridized carbons (Fsp3) is 0.0189. The SMILES string of the molecule is c1ccc(-c2cc3ccccc3c3c2C(c2ccccc2)(c2ccccc2)c2cc(-c4c5ccccc5cc5c4ccc4ccccc45)ccc2-3)cc1. The van der Waals surface area contributed by atoms with E-state index in [1.165, 1.54) is 98.7 Å². The van der Waals surface area contributed by atoms with Crippen LogP contribution in [0.5, 0.6) is 0 Å². The molecule has 0 aromatic heterocycles. The molecular weight excluding hydrogens is 637 g/mol. The lowest BCUT2D eigenvalue weighted by Crippen LogP contribution is -2.29. The molecule has 0 N–H and O–H groups in total. The van der Waals surface area contributed by atoms with Crippen molar-refractivity contribution < 1.29 is 0 Å². The number of fused-ring (bicyclic) bond motifs is 9. The van der Waals surface area contributed by atoms with Gasteiger partial charge < -0.3 is 0 Å². The Morgan fingerprint density at radius 1 is 0.283 bits per heavy atom. The molecule has 0 nitrogen and oxygen atoms in total. The van der Waals surface area contributed by atoms with Crippen LogP contribution in [0.2, 0.25) is 0 Å². The second-order valence-corrected chi connectivity index (χ2v) is 14.4. The van der Waals surface area contributed by atoms with Crippen LogP contribution in [0.1, 0.15) is 22.3 Å². The van der Waals surface area contributed by atoms with Crippen LogP contribution in [0.15, 0.2) is 206 Å². The predicted octanol–water partition coefficient (Wildman–Crippen LogP) is 14.0. The summed E-state index contributed by atoms with van der Waals surface area (Å²) in [5.74, 6) is 0. The van der Waals surface area contributed by atoms with E-state index in [0.29, 0.717) is 0 Å². The van der Waals surface area contributed by atoms with Crippen molar-refractivity contribution in [2.75, 3.05) is 0 Å². The quantitative estimate of drug-likeness (QED) is 0.129. The van der Waals surface area contributed by atoms with E-state index in [1.54, 1.807) is 0 Å². The lowest BCUT2D eigenvalue weighted by molar-refractivity contribution is 0.771. The fourth-order valence-corrected chi connectivity index (χ4v) is 9.50. The van der Waals surface area contributed by atoms with Crippen LogP contribution in [0.4, 0.5) is 0 Å². The Bertz CT molecular complexity index is 2990. The Hall–Kier alpha value is -6.76. The minimum absolute atomic E-state index is 0.578. The zero-order chi connectivity index (χ0) is 34.9. The monoisotopic (exact) mass is 670 g/mol. The topological polar surface area (TPSA) is 0 Å². The van der Waals surface area contributed by atoms with Crippen molar-refractivity contribution in [3.63, 3.8) is 0 Å². The van der Waals surface area contributed by atoms with Crippen LogP contribution in [-0.2, 0) is 5.41 Å². The van der Waals surface area contributed by atoms with Gasteiger partial charge in [0.05, 0.1) is 5.41 Å². The molecule has 53 heavy (non-hydrogen) atoms. The standard InChI is InChI=1S/C53H34/c1-4-16-35(17-5-1)47-32-37-19-12-15-27-44(37)51-46-31-29-39(34-49(46)53(52(47)51,40-21-6-2-7-22-40)41-23-8-3-9-24-41)50-43-26-14-11-20-38(43)33-48-42-25-13-10-18-36(42)28-30-45(48)50/h1-34H. The van der Waals surface area contributed by atoms with Crippen molar-refractivity contribution >= 4 is 43.1 Å². The molecule has 0 spiro atoms. The van der Waals surface area contributed by atoms with Crippen molar-refractivity contribution in [1.82, 2.24) is 0 Å². The van der Waals surface area contributed by atoms with Crippen molar-refractivity contribution in [2.45, 2.75) is 5.41 Å². The molecule has 0 aliphatic heterocycles. The third-order valence-corrected chi connectivity index (χ3v) is 11.7. The average molecular weight is 671 g/mol. The van der Waals surface area contributed by atoms with Crippen LogP contribution >= 0.6 is 0 Å². The Balaban J connectivity index is 1.33. The summed E-state index contributed by atoms with van der Waals surface area (Å²) in [5.41, 5.74) is 12.3. The van der Waals surface area contributed by atoms with E-state index >= 15 is 0 Å². The highest BCUT2D eigenvalue weighted by atomic mass is 14.5. The summed E-state index contributed by atoms with van der Waals surface area (Å²) < 4.78 is 0. The van der Waals surface area contributed by atoms with Gasteiger partial charge in [0.25, 0.3) is 0 Å². The van der Waals surface area contributed by atoms with Gasteiger partial charge >= 0.3 is 0 Å². The van der Waals surface area contributed by atoms with Crippen LogP contribution in [0.3, 0.4) is 0 Å². The lowest BCUT2D eigenvalue weighted by atomic mass is 9.65. The van der Waals surface area contributed by atoms with Gasteiger partial charge in [0, 0.05) is 0 Å². The summed E-state index contributed by atoms with van der Waals surface area (Å²) >= 11 is 0. The first-order valence-corrected chi connectivity index (χ1v) is 18.5. The molecule has 0 fully saturated rings. The van der Waals surface area contributed by atoms with Crippen molar-refractivity contribution in [3.05, 3.63) is 229 Å². The minimum atomic E-state index is -0.578. The summed E-state index contributed by atoms with van der Waals surface area (Å²) in [7, 11) is 0. The smallest absolute Gasteiger partial charge is 0.0622 e.